The van der Waals surface area contributed by atoms with Crippen LogP contribution in [0.4, 0.5) is 11.4 Å². The molecule has 0 aromatic heterocycles. The molecular formula is C18H28N4O4S. The smallest absolute Gasteiger partial charge is 0.270 e. The van der Waals surface area contributed by atoms with Crippen molar-refractivity contribution < 1.29 is 13.3 Å². The van der Waals surface area contributed by atoms with Gasteiger partial charge < -0.3 is 15.1 Å². The van der Waals surface area contributed by atoms with Crippen LogP contribution in [0, 0.1) is 10.1 Å². The predicted molar refractivity (Wildman–Crippen MR) is 105 cm³/mol. The Hall–Kier alpha value is -1.71. The first kappa shape index (κ1) is 20.0. The molecule has 8 nitrogen and oxygen atoms in total. The van der Waals surface area contributed by atoms with Crippen molar-refractivity contribution in [2.75, 3.05) is 44.8 Å². The van der Waals surface area contributed by atoms with Crippen molar-refractivity contribution in [2.45, 2.75) is 42.7 Å². The van der Waals surface area contributed by atoms with Crippen molar-refractivity contribution >= 4 is 21.2 Å². The van der Waals surface area contributed by atoms with Crippen LogP contribution in [-0.2, 0) is 9.84 Å². The first-order valence-electron chi connectivity index (χ1n) is 9.41. The van der Waals surface area contributed by atoms with E-state index in [1.807, 2.05) is 0 Å². The molecule has 0 bridgehead atoms. The quantitative estimate of drug-likeness (QED) is 0.600. The van der Waals surface area contributed by atoms with Gasteiger partial charge in [0.1, 0.15) is 0 Å². The third-order valence-corrected chi connectivity index (χ3v) is 6.81. The molecule has 0 unspecified atom stereocenters. The average molecular weight is 397 g/mol. The number of hydrogen-bond donors (Lipinski definition) is 1. The molecule has 2 aliphatic rings. The highest BCUT2D eigenvalue weighted by atomic mass is 32.2. The van der Waals surface area contributed by atoms with Gasteiger partial charge in [-0.1, -0.05) is 0 Å². The fourth-order valence-corrected chi connectivity index (χ4v) is 4.90. The Morgan fingerprint density at radius 1 is 1.11 bits per heavy atom. The monoisotopic (exact) mass is 396 g/mol. The molecule has 0 spiro atoms. The number of benzene rings is 1. The maximum Gasteiger partial charge on any atom is 0.270 e. The zero-order chi connectivity index (χ0) is 19.6. The number of anilines is 1. The standard InChI is InChI=1S/C18H28N4O4S/c1-20-9-7-15(8-10-20)21-11-5-14(6-12-21)19-17-4-3-16(22(23)24)13-18(17)27(2,25)26/h3-4,13-15,19H,5-12H2,1-2H3. The van der Waals surface area contributed by atoms with Crippen LogP contribution in [0.5, 0.6) is 0 Å². The Kier molecular flexibility index (Phi) is 6.02. The first-order chi connectivity index (χ1) is 12.7. The molecule has 1 N–H and O–H groups in total. The van der Waals surface area contributed by atoms with Crippen LogP contribution >= 0.6 is 0 Å². The second-order valence-corrected chi connectivity index (χ2v) is 9.68. The van der Waals surface area contributed by atoms with Gasteiger partial charge in [0.2, 0.25) is 0 Å². The average Bonchev–Trinajstić information content (AvgIpc) is 2.62. The second-order valence-electron chi connectivity index (χ2n) is 7.70. The number of non-ortho nitro benzene ring substituents is 1. The fraction of sp³-hybridized carbons (Fsp3) is 0.667. The van der Waals surface area contributed by atoms with E-state index in [2.05, 4.69) is 22.2 Å². The molecule has 0 aliphatic carbocycles. The summed E-state index contributed by atoms with van der Waals surface area (Å²) >= 11 is 0. The number of nitro benzene ring substituents is 1. The van der Waals surface area contributed by atoms with Crippen LogP contribution in [0.1, 0.15) is 25.7 Å². The van der Waals surface area contributed by atoms with Crippen molar-refractivity contribution in [3.8, 4) is 0 Å². The lowest BCUT2D eigenvalue weighted by Gasteiger charge is -2.41. The van der Waals surface area contributed by atoms with Gasteiger partial charge in [-0.25, -0.2) is 8.42 Å². The molecule has 0 atom stereocenters. The number of nitrogens with one attached hydrogen (secondary N) is 1. The molecule has 0 radical (unpaired) electrons. The van der Waals surface area contributed by atoms with Gasteiger partial charge in [0, 0.05) is 43.6 Å². The number of piperidine rings is 2. The summed E-state index contributed by atoms with van der Waals surface area (Å²) < 4.78 is 24.2. The maximum atomic E-state index is 12.1. The predicted octanol–water partition coefficient (Wildman–Crippen LogP) is 1.97. The molecule has 0 saturated carbocycles. The van der Waals surface area contributed by atoms with Crippen LogP contribution in [0.15, 0.2) is 23.1 Å². The minimum atomic E-state index is -3.56. The first-order valence-corrected chi connectivity index (χ1v) is 11.3. The lowest BCUT2D eigenvalue weighted by atomic mass is 9.98. The van der Waals surface area contributed by atoms with Gasteiger partial charge in [0.05, 0.1) is 15.5 Å². The van der Waals surface area contributed by atoms with Gasteiger partial charge in [-0.05, 0) is 51.9 Å². The van der Waals surface area contributed by atoms with Crippen molar-refractivity contribution in [3.63, 3.8) is 0 Å². The summed E-state index contributed by atoms with van der Waals surface area (Å²) in [6, 6.07) is 4.83. The van der Waals surface area contributed by atoms with E-state index >= 15 is 0 Å². The van der Waals surface area contributed by atoms with E-state index in [-0.39, 0.29) is 16.6 Å². The third kappa shape index (κ3) is 4.97. The summed E-state index contributed by atoms with van der Waals surface area (Å²) in [6.07, 6.45) is 5.36. The molecule has 0 amide bonds. The Bertz CT molecular complexity index is 783. The lowest BCUT2D eigenvalue weighted by molar-refractivity contribution is -0.385. The molecular weight excluding hydrogens is 368 g/mol. The summed E-state index contributed by atoms with van der Waals surface area (Å²) in [5.74, 6) is 0. The van der Waals surface area contributed by atoms with Gasteiger partial charge in [-0.15, -0.1) is 0 Å². The number of likely N-dealkylation sites (tertiary alicyclic amines) is 2. The van der Waals surface area contributed by atoms with Crippen molar-refractivity contribution in [2.24, 2.45) is 0 Å². The highest BCUT2D eigenvalue weighted by Crippen LogP contribution is 2.29. The van der Waals surface area contributed by atoms with Crippen molar-refractivity contribution in [1.82, 2.24) is 9.80 Å². The Morgan fingerprint density at radius 2 is 1.74 bits per heavy atom. The van der Waals surface area contributed by atoms with Crippen LogP contribution < -0.4 is 5.32 Å². The third-order valence-electron chi connectivity index (χ3n) is 5.67. The van der Waals surface area contributed by atoms with Gasteiger partial charge in [0.15, 0.2) is 9.84 Å². The summed E-state index contributed by atoms with van der Waals surface area (Å²) in [5, 5.41) is 14.3. The van der Waals surface area contributed by atoms with E-state index in [0.717, 1.165) is 51.3 Å². The van der Waals surface area contributed by atoms with E-state index in [9.17, 15) is 18.5 Å². The minimum absolute atomic E-state index is 0.00514. The normalized spacial score (nSPS) is 21.3. The molecule has 3 rings (SSSR count). The van der Waals surface area contributed by atoms with Crippen LogP contribution in [0.25, 0.3) is 0 Å². The lowest BCUT2D eigenvalue weighted by Crippen LogP contribution is -2.48. The topological polar surface area (TPSA) is 95.8 Å². The number of sulfone groups is 1. The van der Waals surface area contributed by atoms with Crippen molar-refractivity contribution in [3.05, 3.63) is 28.3 Å². The summed E-state index contributed by atoms with van der Waals surface area (Å²) in [4.78, 5) is 15.3. The van der Waals surface area contributed by atoms with E-state index < -0.39 is 14.8 Å². The summed E-state index contributed by atoms with van der Waals surface area (Å²) in [6.45, 7) is 4.27. The molecule has 27 heavy (non-hydrogen) atoms. The Balaban J connectivity index is 1.64. The number of nitro groups is 1. The van der Waals surface area contributed by atoms with Crippen LogP contribution in [0.2, 0.25) is 0 Å². The second kappa shape index (κ2) is 8.12. The highest BCUT2D eigenvalue weighted by Gasteiger charge is 2.28. The molecule has 2 saturated heterocycles. The SMILES string of the molecule is CN1CCC(N2CCC(Nc3ccc([N+](=O)[O-])cc3S(C)(=O)=O)CC2)CC1. The van der Waals surface area contributed by atoms with Gasteiger partial charge in [-0.2, -0.15) is 0 Å². The van der Waals surface area contributed by atoms with Crippen LogP contribution in [0.3, 0.4) is 0 Å². The zero-order valence-electron chi connectivity index (χ0n) is 15.9. The molecule has 2 heterocycles. The molecule has 1 aromatic rings. The van der Waals surface area contributed by atoms with Gasteiger partial charge in [0.25, 0.3) is 5.69 Å². The Labute approximate surface area is 160 Å². The number of nitrogens with zero attached hydrogens (tertiary/aromatic N) is 3. The van der Waals surface area contributed by atoms with E-state index in [0.29, 0.717) is 11.7 Å². The van der Waals surface area contributed by atoms with E-state index in [1.54, 1.807) is 0 Å². The van der Waals surface area contributed by atoms with E-state index in [4.69, 9.17) is 0 Å². The fourth-order valence-electron chi connectivity index (χ4n) is 4.04. The molecule has 2 aliphatic heterocycles. The van der Waals surface area contributed by atoms with Gasteiger partial charge >= 0.3 is 0 Å². The Morgan fingerprint density at radius 3 is 2.30 bits per heavy atom. The molecule has 150 valence electrons. The summed E-state index contributed by atoms with van der Waals surface area (Å²) in [5.41, 5.74) is 0.249. The summed E-state index contributed by atoms with van der Waals surface area (Å²) in [7, 11) is -1.39. The van der Waals surface area contributed by atoms with Crippen LogP contribution in [-0.4, -0.2) is 74.7 Å². The van der Waals surface area contributed by atoms with Gasteiger partial charge in [-0.3, -0.25) is 10.1 Å². The largest absolute Gasteiger partial charge is 0.381 e. The highest BCUT2D eigenvalue weighted by molar-refractivity contribution is 7.90. The van der Waals surface area contributed by atoms with E-state index in [1.165, 1.54) is 25.0 Å². The maximum absolute atomic E-state index is 12.1. The van der Waals surface area contributed by atoms with Crippen molar-refractivity contribution in [1.29, 1.82) is 0 Å². The number of hydrogen-bond acceptors (Lipinski definition) is 7. The molecule has 2 fully saturated rings. The number of rotatable bonds is 5. The zero-order valence-corrected chi connectivity index (χ0v) is 16.7. The molecule has 1 aromatic carbocycles. The minimum Gasteiger partial charge on any atom is -0.381 e. The molecule has 9 heteroatoms.